The number of carbonyl (C=O) groups excluding carboxylic acids is 1. The standard InChI is InChI=1S/C14H17NO4/c1-17-12-8-7-9-10(14(12)18-2)5-4-6-11(13(9)16)15-19-3/h7-8H,4-6H2,1-3H3. The van der Waals surface area contributed by atoms with E-state index in [1.807, 2.05) is 0 Å². The first-order valence-corrected chi connectivity index (χ1v) is 6.11. The molecule has 1 aromatic carbocycles. The minimum atomic E-state index is -0.102. The molecule has 0 amide bonds. The van der Waals surface area contributed by atoms with E-state index < -0.39 is 0 Å². The SMILES string of the molecule is CON=C1CCCc2c(ccc(OC)c2OC)C1=O. The second kappa shape index (κ2) is 5.73. The first kappa shape index (κ1) is 13.4. The number of Topliss-reactive ketones (excluding diaryl/α,β-unsaturated/α-hetero) is 1. The first-order chi connectivity index (χ1) is 9.22. The van der Waals surface area contributed by atoms with Crippen LogP contribution in [0, 0.1) is 0 Å². The highest BCUT2D eigenvalue weighted by Crippen LogP contribution is 2.36. The second-order valence-corrected chi connectivity index (χ2v) is 4.23. The van der Waals surface area contributed by atoms with E-state index in [0.29, 0.717) is 29.2 Å². The number of methoxy groups -OCH3 is 2. The van der Waals surface area contributed by atoms with E-state index in [2.05, 4.69) is 5.16 Å². The number of hydrogen-bond acceptors (Lipinski definition) is 5. The second-order valence-electron chi connectivity index (χ2n) is 4.23. The molecule has 0 saturated heterocycles. The number of rotatable bonds is 3. The Bertz CT molecular complexity index is 522. The van der Waals surface area contributed by atoms with E-state index in [1.165, 1.54) is 7.11 Å². The molecule has 5 nitrogen and oxygen atoms in total. The molecule has 0 heterocycles. The Hall–Kier alpha value is -2.04. The topological polar surface area (TPSA) is 57.1 Å². The fourth-order valence-corrected chi connectivity index (χ4v) is 2.35. The summed E-state index contributed by atoms with van der Waals surface area (Å²) in [4.78, 5) is 17.1. The molecule has 0 radical (unpaired) electrons. The van der Waals surface area contributed by atoms with Crippen LogP contribution in [0.3, 0.4) is 0 Å². The van der Waals surface area contributed by atoms with Gasteiger partial charge in [0.1, 0.15) is 12.8 Å². The Morgan fingerprint density at radius 1 is 1.11 bits per heavy atom. The van der Waals surface area contributed by atoms with Gasteiger partial charge in [-0.25, -0.2) is 0 Å². The van der Waals surface area contributed by atoms with E-state index in [-0.39, 0.29) is 5.78 Å². The van der Waals surface area contributed by atoms with E-state index in [4.69, 9.17) is 14.3 Å². The van der Waals surface area contributed by atoms with Crippen LogP contribution in [-0.4, -0.2) is 32.8 Å². The van der Waals surface area contributed by atoms with Gasteiger partial charge in [-0.15, -0.1) is 0 Å². The van der Waals surface area contributed by atoms with Crippen LogP contribution in [-0.2, 0) is 11.3 Å². The highest BCUT2D eigenvalue weighted by molar-refractivity contribution is 6.46. The molecular formula is C14H17NO4. The van der Waals surface area contributed by atoms with Gasteiger partial charge in [0.05, 0.1) is 14.2 Å². The number of ether oxygens (including phenoxy) is 2. The molecule has 0 spiro atoms. The van der Waals surface area contributed by atoms with Crippen molar-refractivity contribution >= 4 is 11.5 Å². The van der Waals surface area contributed by atoms with Crippen LogP contribution in [0.4, 0.5) is 0 Å². The molecule has 0 saturated carbocycles. The monoisotopic (exact) mass is 263 g/mol. The number of oxime groups is 1. The smallest absolute Gasteiger partial charge is 0.210 e. The van der Waals surface area contributed by atoms with E-state index in [0.717, 1.165) is 18.4 Å². The molecule has 1 aromatic rings. The molecule has 102 valence electrons. The fourth-order valence-electron chi connectivity index (χ4n) is 2.35. The largest absolute Gasteiger partial charge is 0.493 e. The van der Waals surface area contributed by atoms with Crippen LogP contribution in [0.25, 0.3) is 0 Å². The van der Waals surface area contributed by atoms with Crippen LogP contribution in [0.15, 0.2) is 17.3 Å². The summed E-state index contributed by atoms with van der Waals surface area (Å²) >= 11 is 0. The number of hydrogen-bond donors (Lipinski definition) is 0. The zero-order chi connectivity index (χ0) is 13.8. The lowest BCUT2D eigenvalue weighted by Crippen LogP contribution is -2.14. The lowest BCUT2D eigenvalue weighted by molar-refractivity contribution is 0.105. The van der Waals surface area contributed by atoms with Gasteiger partial charge >= 0.3 is 0 Å². The summed E-state index contributed by atoms with van der Waals surface area (Å²) in [6.07, 6.45) is 2.18. The van der Waals surface area contributed by atoms with Gasteiger partial charge in [0.25, 0.3) is 0 Å². The minimum Gasteiger partial charge on any atom is -0.493 e. The summed E-state index contributed by atoms with van der Waals surface area (Å²) in [6.45, 7) is 0. The maximum atomic E-state index is 12.4. The highest BCUT2D eigenvalue weighted by atomic mass is 16.6. The molecule has 0 unspecified atom stereocenters. The van der Waals surface area contributed by atoms with Gasteiger partial charge in [-0.2, -0.15) is 0 Å². The summed E-state index contributed by atoms with van der Waals surface area (Å²) in [5, 5.41) is 3.82. The zero-order valence-electron chi connectivity index (χ0n) is 11.4. The number of carbonyl (C=O) groups is 1. The van der Waals surface area contributed by atoms with E-state index >= 15 is 0 Å². The van der Waals surface area contributed by atoms with Crippen LogP contribution >= 0.6 is 0 Å². The summed E-state index contributed by atoms with van der Waals surface area (Å²) in [5.41, 5.74) is 1.95. The predicted molar refractivity (Wildman–Crippen MR) is 71.3 cm³/mol. The summed E-state index contributed by atoms with van der Waals surface area (Å²) in [5.74, 6) is 1.17. The quantitative estimate of drug-likeness (QED) is 0.620. The molecule has 1 aliphatic carbocycles. The minimum absolute atomic E-state index is 0.102. The molecule has 1 aliphatic rings. The highest BCUT2D eigenvalue weighted by Gasteiger charge is 2.26. The third-order valence-electron chi connectivity index (χ3n) is 3.20. The summed E-state index contributed by atoms with van der Waals surface area (Å²) in [6, 6.07) is 3.50. The van der Waals surface area contributed by atoms with Crippen LogP contribution in [0.1, 0.15) is 28.8 Å². The van der Waals surface area contributed by atoms with Crippen molar-refractivity contribution < 1.29 is 19.1 Å². The number of ketones is 1. The maximum Gasteiger partial charge on any atom is 0.210 e. The van der Waals surface area contributed by atoms with E-state index in [9.17, 15) is 4.79 Å². The molecule has 0 bridgehead atoms. The molecule has 2 rings (SSSR count). The molecule has 0 aromatic heterocycles. The molecule has 0 fully saturated rings. The van der Waals surface area contributed by atoms with Crippen LogP contribution < -0.4 is 9.47 Å². The van der Waals surface area contributed by atoms with Gasteiger partial charge in [0.15, 0.2) is 11.5 Å². The maximum absolute atomic E-state index is 12.4. The van der Waals surface area contributed by atoms with Gasteiger partial charge in [-0.1, -0.05) is 5.16 Å². The predicted octanol–water partition coefficient (Wildman–Crippen LogP) is 2.23. The summed E-state index contributed by atoms with van der Waals surface area (Å²) in [7, 11) is 4.61. The summed E-state index contributed by atoms with van der Waals surface area (Å²) < 4.78 is 10.6. The van der Waals surface area contributed by atoms with Gasteiger partial charge in [-0.05, 0) is 31.4 Å². The van der Waals surface area contributed by atoms with Gasteiger partial charge in [0, 0.05) is 11.1 Å². The van der Waals surface area contributed by atoms with Crippen molar-refractivity contribution in [1.82, 2.24) is 0 Å². The molecule has 5 heteroatoms. The molecule has 0 atom stereocenters. The fraction of sp³-hybridized carbons (Fsp3) is 0.429. The van der Waals surface area contributed by atoms with Crippen molar-refractivity contribution in [2.45, 2.75) is 19.3 Å². The van der Waals surface area contributed by atoms with Crippen LogP contribution in [0.2, 0.25) is 0 Å². The average Bonchev–Trinajstić information content (AvgIpc) is 2.59. The average molecular weight is 263 g/mol. The molecule has 0 aliphatic heterocycles. The van der Waals surface area contributed by atoms with Gasteiger partial charge < -0.3 is 14.3 Å². The molecule has 19 heavy (non-hydrogen) atoms. The van der Waals surface area contributed by atoms with Gasteiger partial charge in [-0.3, -0.25) is 4.79 Å². The zero-order valence-corrected chi connectivity index (χ0v) is 11.4. The van der Waals surface area contributed by atoms with Crippen molar-refractivity contribution in [2.75, 3.05) is 21.3 Å². The normalized spacial score (nSPS) is 16.8. The van der Waals surface area contributed by atoms with E-state index in [1.54, 1.807) is 26.4 Å². The number of fused-ring (bicyclic) bond motifs is 1. The van der Waals surface area contributed by atoms with Crippen LogP contribution in [0.5, 0.6) is 11.5 Å². The molecule has 0 N–H and O–H groups in total. The van der Waals surface area contributed by atoms with Crippen molar-refractivity contribution in [3.05, 3.63) is 23.3 Å². The van der Waals surface area contributed by atoms with Crippen molar-refractivity contribution in [3.63, 3.8) is 0 Å². The lowest BCUT2D eigenvalue weighted by Gasteiger charge is -2.14. The Kier molecular flexibility index (Phi) is 4.04. The number of benzene rings is 1. The third kappa shape index (κ3) is 2.41. The Morgan fingerprint density at radius 2 is 1.89 bits per heavy atom. The Morgan fingerprint density at radius 3 is 2.53 bits per heavy atom. The van der Waals surface area contributed by atoms with Crippen molar-refractivity contribution in [3.8, 4) is 11.5 Å². The number of nitrogens with zero attached hydrogens (tertiary/aromatic N) is 1. The first-order valence-electron chi connectivity index (χ1n) is 6.11. The van der Waals surface area contributed by atoms with Crippen molar-refractivity contribution in [1.29, 1.82) is 0 Å². The Balaban J connectivity index is 2.55. The third-order valence-corrected chi connectivity index (χ3v) is 3.20. The lowest BCUT2D eigenvalue weighted by atomic mass is 10.00. The Labute approximate surface area is 112 Å². The molecular weight excluding hydrogens is 246 g/mol. The van der Waals surface area contributed by atoms with Gasteiger partial charge in [0.2, 0.25) is 5.78 Å². The van der Waals surface area contributed by atoms with Crippen molar-refractivity contribution in [2.24, 2.45) is 5.16 Å².